The number of benzene rings is 1. The number of phenolic OH excluding ortho intramolecular Hbond substituents is 1. The molecule has 0 amide bonds. The van der Waals surface area contributed by atoms with Crippen molar-refractivity contribution in [2.24, 2.45) is 11.5 Å². The normalized spacial score (nSPS) is 12.8. The molecule has 0 fully saturated rings. The molecule has 0 aliphatic rings. The Hall–Kier alpha value is -1.26. The van der Waals surface area contributed by atoms with Crippen molar-refractivity contribution >= 4 is 5.69 Å². The lowest BCUT2D eigenvalue weighted by Crippen LogP contribution is -2.15. The van der Waals surface area contributed by atoms with E-state index in [1.165, 1.54) is 0 Å². The van der Waals surface area contributed by atoms with Gasteiger partial charge in [0.2, 0.25) is 0 Å². The summed E-state index contributed by atoms with van der Waals surface area (Å²) in [5.41, 5.74) is 18.0. The summed E-state index contributed by atoms with van der Waals surface area (Å²) in [5.74, 6) is 0.0868. The van der Waals surface area contributed by atoms with Crippen LogP contribution in [0.3, 0.4) is 0 Å². The Balaban J connectivity index is 2.84. The maximum absolute atomic E-state index is 9.16. The SMILES string of the molecule is NCCC(N)c1ccc(O)c(N)c1. The lowest BCUT2D eigenvalue weighted by Gasteiger charge is -2.11. The predicted octanol–water partition coefficient (Wildman–Crippen LogP) is 0.323. The number of aromatic hydroxyl groups is 1. The summed E-state index contributed by atoms with van der Waals surface area (Å²) in [4.78, 5) is 0. The van der Waals surface area contributed by atoms with Gasteiger partial charge in [-0.05, 0) is 30.7 Å². The maximum atomic E-state index is 9.16. The molecule has 0 aliphatic carbocycles. The highest BCUT2D eigenvalue weighted by Gasteiger charge is 2.06. The first-order valence-corrected chi connectivity index (χ1v) is 4.19. The standard InChI is InChI=1S/C9H15N3O/c10-4-3-7(11)6-1-2-9(13)8(12)5-6/h1-2,5,7,13H,3-4,10-12H2. The Kier molecular flexibility index (Phi) is 3.11. The topological polar surface area (TPSA) is 98.3 Å². The number of rotatable bonds is 3. The van der Waals surface area contributed by atoms with E-state index in [9.17, 15) is 0 Å². The molecule has 72 valence electrons. The van der Waals surface area contributed by atoms with Crippen LogP contribution in [-0.2, 0) is 0 Å². The summed E-state index contributed by atoms with van der Waals surface area (Å²) < 4.78 is 0. The average molecular weight is 181 g/mol. The lowest BCUT2D eigenvalue weighted by atomic mass is 10.0. The van der Waals surface area contributed by atoms with Crippen LogP contribution in [0.5, 0.6) is 5.75 Å². The minimum absolute atomic E-state index is 0.0868. The summed E-state index contributed by atoms with van der Waals surface area (Å²) in [5, 5.41) is 9.16. The van der Waals surface area contributed by atoms with E-state index in [0.29, 0.717) is 18.7 Å². The molecule has 4 heteroatoms. The summed E-state index contributed by atoms with van der Waals surface area (Å²) in [6, 6.07) is 4.87. The van der Waals surface area contributed by atoms with Gasteiger partial charge in [-0.1, -0.05) is 6.07 Å². The van der Waals surface area contributed by atoms with Gasteiger partial charge in [0.1, 0.15) is 5.75 Å². The monoisotopic (exact) mass is 181 g/mol. The Morgan fingerprint density at radius 2 is 2.08 bits per heavy atom. The van der Waals surface area contributed by atoms with Crippen LogP contribution in [0.2, 0.25) is 0 Å². The third-order valence-electron chi connectivity index (χ3n) is 1.96. The van der Waals surface area contributed by atoms with E-state index >= 15 is 0 Å². The third kappa shape index (κ3) is 2.34. The minimum Gasteiger partial charge on any atom is -0.506 e. The van der Waals surface area contributed by atoms with Crippen LogP contribution in [0.15, 0.2) is 18.2 Å². The molecule has 0 heterocycles. The van der Waals surface area contributed by atoms with Gasteiger partial charge in [0.25, 0.3) is 0 Å². The van der Waals surface area contributed by atoms with E-state index in [2.05, 4.69) is 0 Å². The fraction of sp³-hybridized carbons (Fsp3) is 0.333. The zero-order valence-corrected chi connectivity index (χ0v) is 7.40. The average Bonchev–Trinajstić information content (AvgIpc) is 2.10. The van der Waals surface area contributed by atoms with Crippen molar-refractivity contribution in [2.45, 2.75) is 12.5 Å². The first-order valence-electron chi connectivity index (χ1n) is 4.19. The van der Waals surface area contributed by atoms with Gasteiger partial charge in [-0.3, -0.25) is 0 Å². The van der Waals surface area contributed by atoms with E-state index in [1.54, 1.807) is 18.2 Å². The van der Waals surface area contributed by atoms with Gasteiger partial charge in [0, 0.05) is 6.04 Å². The van der Waals surface area contributed by atoms with Crippen molar-refractivity contribution in [3.63, 3.8) is 0 Å². The van der Waals surface area contributed by atoms with Gasteiger partial charge in [-0.25, -0.2) is 0 Å². The first-order chi connectivity index (χ1) is 6.15. The van der Waals surface area contributed by atoms with Gasteiger partial charge in [0.05, 0.1) is 5.69 Å². The van der Waals surface area contributed by atoms with Crippen LogP contribution < -0.4 is 17.2 Å². The van der Waals surface area contributed by atoms with Crippen LogP contribution in [0.1, 0.15) is 18.0 Å². The third-order valence-corrected chi connectivity index (χ3v) is 1.96. The minimum atomic E-state index is -0.104. The molecule has 0 aliphatic heterocycles. The van der Waals surface area contributed by atoms with Crippen LogP contribution in [-0.4, -0.2) is 11.7 Å². The Morgan fingerprint density at radius 1 is 1.38 bits per heavy atom. The van der Waals surface area contributed by atoms with Crippen molar-refractivity contribution in [3.8, 4) is 5.75 Å². The van der Waals surface area contributed by atoms with E-state index in [4.69, 9.17) is 22.3 Å². The van der Waals surface area contributed by atoms with Crippen molar-refractivity contribution in [2.75, 3.05) is 12.3 Å². The highest BCUT2D eigenvalue weighted by atomic mass is 16.3. The molecule has 0 aromatic heterocycles. The quantitative estimate of drug-likeness (QED) is 0.398. The lowest BCUT2D eigenvalue weighted by molar-refractivity contribution is 0.477. The van der Waals surface area contributed by atoms with E-state index in [-0.39, 0.29) is 11.8 Å². The van der Waals surface area contributed by atoms with Crippen molar-refractivity contribution in [1.82, 2.24) is 0 Å². The molecule has 1 aromatic carbocycles. The van der Waals surface area contributed by atoms with E-state index < -0.39 is 0 Å². The first kappa shape index (κ1) is 9.83. The Labute approximate surface area is 77.3 Å². The molecule has 4 nitrogen and oxygen atoms in total. The molecular weight excluding hydrogens is 166 g/mol. The van der Waals surface area contributed by atoms with Crippen LogP contribution >= 0.6 is 0 Å². The largest absolute Gasteiger partial charge is 0.506 e. The Bertz CT molecular complexity index is 288. The van der Waals surface area contributed by atoms with E-state index in [1.807, 2.05) is 0 Å². The smallest absolute Gasteiger partial charge is 0.138 e. The summed E-state index contributed by atoms with van der Waals surface area (Å²) in [6.07, 6.45) is 0.713. The second kappa shape index (κ2) is 4.11. The summed E-state index contributed by atoms with van der Waals surface area (Å²) >= 11 is 0. The molecule has 0 radical (unpaired) electrons. The highest BCUT2D eigenvalue weighted by Crippen LogP contribution is 2.24. The van der Waals surface area contributed by atoms with Gasteiger partial charge in [0.15, 0.2) is 0 Å². The van der Waals surface area contributed by atoms with Crippen molar-refractivity contribution < 1.29 is 5.11 Å². The molecule has 0 spiro atoms. The molecule has 1 aromatic rings. The predicted molar refractivity (Wildman–Crippen MR) is 53.1 cm³/mol. The molecule has 1 unspecified atom stereocenters. The second-order valence-electron chi connectivity index (χ2n) is 3.00. The summed E-state index contributed by atoms with van der Waals surface area (Å²) in [7, 11) is 0. The molecule has 1 rings (SSSR count). The number of nitrogen functional groups attached to an aromatic ring is 1. The molecular formula is C9H15N3O. The van der Waals surface area contributed by atoms with Gasteiger partial charge in [-0.2, -0.15) is 0 Å². The van der Waals surface area contributed by atoms with Gasteiger partial charge in [-0.15, -0.1) is 0 Å². The molecule has 0 bridgehead atoms. The number of nitrogens with two attached hydrogens (primary N) is 3. The molecule has 13 heavy (non-hydrogen) atoms. The zero-order valence-electron chi connectivity index (χ0n) is 7.40. The number of phenols is 1. The molecule has 0 saturated carbocycles. The molecule has 7 N–H and O–H groups in total. The maximum Gasteiger partial charge on any atom is 0.138 e. The fourth-order valence-electron chi connectivity index (χ4n) is 1.15. The molecule has 1 atom stereocenters. The Morgan fingerprint density at radius 3 is 2.62 bits per heavy atom. The fourth-order valence-corrected chi connectivity index (χ4v) is 1.15. The second-order valence-corrected chi connectivity index (χ2v) is 3.00. The number of anilines is 1. The molecule has 0 saturated heterocycles. The van der Waals surface area contributed by atoms with Gasteiger partial charge >= 0.3 is 0 Å². The van der Waals surface area contributed by atoms with Crippen molar-refractivity contribution in [1.29, 1.82) is 0 Å². The van der Waals surface area contributed by atoms with Crippen LogP contribution in [0.4, 0.5) is 5.69 Å². The van der Waals surface area contributed by atoms with Gasteiger partial charge < -0.3 is 22.3 Å². The number of hydrogen-bond donors (Lipinski definition) is 4. The van der Waals surface area contributed by atoms with Crippen LogP contribution in [0.25, 0.3) is 0 Å². The highest BCUT2D eigenvalue weighted by molar-refractivity contribution is 5.53. The summed E-state index contributed by atoms with van der Waals surface area (Å²) in [6.45, 7) is 0.544. The van der Waals surface area contributed by atoms with Crippen molar-refractivity contribution in [3.05, 3.63) is 23.8 Å². The zero-order chi connectivity index (χ0) is 9.84. The number of hydrogen-bond acceptors (Lipinski definition) is 4. The van der Waals surface area contributed by atoms with Crippen LogP contribution in [0, 0.1) is 0 Å². The van der Waals surface area contributed by atoms with E-state index in [0.717, 1.165) is 5.56 Å².